The van der Waals surface area contributed by atoms with Crippen LogP contribution in [0.5, 0.6) is 0 Å². The van der Waals surface area contributed by atoms with Crippen LogP contribution in [0.1, 0.15) is 50.5 Å². The number of amides is 2. The Morgan fingerprint density at radius 3 is 2.34 bits per heavy atom. The molecule has 190 valence electrons. The third-order valence-electron chi connectivity index (χ3n) is 9.02. The van der Waals surface area contributed by atoms with Crippen molar-refractivity contribution >= 4 is 17.9 Å². The van der Waals surface area contributed by atoms with Gasteiger partial charge in [-0.3, -0.25) is 19.4 Å². The second kappa shape index (κ2) is 10.8. The minimum atomic E-state index is 0.0574. The van der Waals surface area contributed by atoms with E-state index in [1.807, 2.05) is 6.07 Å². The molecule has 0 radical (unpaired) electrons. The normalized spacial score (nSPS) is 27.8. The molecule has 0 unspecified atom stereocenters. The topological polar surface area (TPSA) is 47.1 Å². The van der Waals surface area contributed by atoms with E-state index < -0.39 is 0 Å². The van der Waals surface area contributed by atoms with Crippen molar-refractivity contribution in [2.24, 2.45) is 11.3 Å². The number of rotatable bonds is 5. The van der Waals surface area contributed by atoms with Gasteiger partial charge in [0.1, 0.15) is 0 Å². The molecule has 2 amide bonds. The first-order chi connectivity index (χ1) is 17.1. The summed E-state index contributed by atoms with van der Waals surface area (Å²) in [5.41, 5.74) is 1.40. The van der Waals surface area contributed by atoms with Gasteiger partial charge in [0.05, 0.1) is 6.04 Å². The number of likely N-dealkylation sites (N-methyl/N-ethyl adjacent to an activating group) is 1. The fourth-order valence-corrected chi connectivity index (χ4v) is 6.47. The summed E-state index contributed by atoms with van der Waals surface area (Å²) in [5, 5.41) is 0. The zero-order chi connectivity index (χ0) is 24.3. The minimum absolute atomic E-state index is 0.0574. The number of piperidine rings is 1. The predicted molar refractivity (Wildman–Crippen MR) is 140 cm³/mol. The highest BCUT2D eigenvalue weighted by molar-refractivity contribution is 5.84. The second-order valence-corrected chi connectivity index (χ2v) is 11.2. The standard InChI is InChI=1S/C29H42N4O2/c1-30-15-7-3-6-12-26(30)28(35)32-17-13-29(14-18-32)23-25(29)27(34)33-21-19-31(20-22-33)16-8-11-24-9-4-2-5-10-24/h2,4-5,8-11,25-26H,3,6-7,12-23H2,1H3/b11-8+/t25-,26+/m1/s1. The molecule has 1 aliphatic carbocycles. The number of carbonyl (C=O) groups is 2. The van der Waals surface area contributed by atoms with Gasteiger partial charge in [-0.25, -0.2) is 0 Å². The fraction of sp³-hybridized carbons (Fsp3) is 0.655. The zero-order valence-electron chi connectivity index (χ0n) is 21.4. The van der Waals surface area contributed by atoms with E-state index in [-0.39, 0.29) is 17.4 Å². The molecule has 1 spiro atoms. The van der Waals surface area contributed by atoms with Crippen molar-refractivity contribution < 1.29 is 9.59 Å². The Morgan fingerprint density at radius 2 is 1.60 bits per heavy atom. The number of hydrogen-bond acceptors (Lipinski definition) is 4. The van der Waals surface area contributed by atoms with E-state index in [1.54, 1.807) is 0 Å². The first kappa shape index (κ1) is 24.5. The third kappa shape index (κ3) is 5.64. The van der Waals surface area contributed by atoms with Crippen molar-refractivity contribution in [1.29, 1.82) is 0 Å². The molecule has 5 rings (SSSR count). The van der Waals surface area contributed by atoms with Crippen molar-refractivity contribution in [1.82, 2.24) is 19.6 Å². The molecular weight excluding hydrogens is 436 g/mol. The average Bonchev–Trinajstić information content (AvgIpc) is 3.63. The van der Waals surface area contributed by atoms with Crippen molar-refractivity contribution in [3.05, 3.63) is 42.0 Å². The summed E-state index contributed by atoms with van der Waals surface area (Å²) < 4.78 is 0. The van der Waals surface area contributed by atoms with Crippen molar-refractivity contribution in [2.75, 3.05) is 59.4 Å². The summed E-state index contributed by atoms with van der Waals surface area (Å²) in [4.78, 5) is 35.4. The maximum absolute atomic E-state index is 13.3. The molecule has 1 saturated carbocycles. The summed E-state index contributed by atoms with van der Waals surface area (Å²) in [6, 6.07) is 10.5. The van der Waals surface area contributed by atoms with E-state index in [0.29, 0.717) is 11.8 Å². The Balaban J connectivity index is 1.05. The number of carbonyl (C=O) groups excluding carboxylic acids is 2. The molecule has 6 heteroatoms. The molecule has 6 nitrogen and oxygen atoms in total. The largest absolute Gasteiger partial charge is 0.341 e. The van der Waals surface area contributed by atoms with Crippen LogP contribution >= 0.6 is 0 Å². The van der Waals surface area contributed by atoms with E-state index in [2.05, 4.69) is 63.1 Å². The highest BCUT2D eigenvalue weighted by atomic mass is 16.2. The quantitative estimate of drug-likeness (QED) is 0.651. The summed E-state index contributed by atoms with van der Waals surface area (Å²) >= 11 is 0. The SMILES string of the molecule is CN1CCCCC[C@H]1C(=O)N1CCC2(CC1)C[C@@H]2C(=O)N1CCN(C/C=C/c2ccccc2)CC1. The van der Waals surface area contributed by atoms with Crippen molar-refractivity contribution in [3.8, 4) is 0 Å². The van der Waals surface area contributed by atoms with Gasteiger partial charge in [-0.15, -0.1) is 0 Å². The van der Waals surface area contributed by atoms with Gasteiger partial charge >= 0.3 is 0 Å². The summed E-state index contributed by atoms with van der Waals surface area (Å²) in [6.07, 6.45) is 12.0. The minimum Gasteiger partial charge on any atom is -0.341 e. The lowest BCUT2D eigenvalue weighted by molar-refractivity contribution is -0.138. The summed E-state index contributed by atoms with van der Waals surface area (Å²) in [6.45, 7) is 7.19. The van der Waals surface area contributed by atoms with Crippen LogP contribution < -0.4 is 0 Å². The van der Waals surface area contributed by atoms with Gasteiger partial charge in [0.2, 0.25) is 11.8 Å². The Hall–Kier alpha value is -2.18. The first-order valence-corrected chi connectivity index (χ1v) is 13.8. The second-order valence-electron chi connectivity index (χ2n) is 11.2. The zero-order valence-corrected chi connectivity index (χ0v) is 21.4. The highest BCUT2D eigenvalue weighted by Gasteiger charge is 2.59. The van der Waals surface area contributed by atoms with E-state index in [4.69, 9.17) is 0 Å². The molecule has 0 bridgehead atoms. The van der Waals surface area contributed by atoms with E-state index in [9.17, 15) is 9.59 Å². The number of nitrogens with zero attached hydrogens (tertiary/aromatic N) is 4. The number of hydrogen-bond donors (Lipinski definition) is 0. The number of piperazine rings is 1. The van der Waals surface area contributed by atoms with Crippen LogP contribution in [0.3, 0.4) is 0 Å². The Bertz CT molecular complexity index is 901. The molecule has 0 aromatic heterocycles. The molecule has 35 heavy (non-hydrogen) atoms. The lowest BCUT2D eigenvalue weighted by Gasteiger charge is -2.38. The average molecular weight is 479 g/mol. The Labute approximate surface area is 210 Å². The van der Waals surface area contributed by atoms with Crippen LogP contribution in [0.4, 0.5) is 0 Å². The molecular formula is C29H42N4O2. The maximum atomic E-state index is 13.3. The van der Waals surface area contributed by atoms with Gasteiger partial charge < -0.3 is 9.80 Å². The Morgan fingerprint density at radius 1 is 0.886 bits per heavy atom. The summed E-state index contributed by atoms with van der Waals surface area (Å²) in [5.74, 6) is 0.878. The van der Waals surface area contributed by atoms with Crippen molar-refractivity contribution in [2.45, 2.75) is 51.0 Å². The first-order valence-electron chi connectivity index (χ1n) is 13.8. The lowest BCUT2D eigenvalue weighted by Crippen LogP contribution is -2.51. The third-order valence-corrected chi connectivity index (χ3v) is 9.02. The van der Waals surface area contributed by atoms with Crippen molar-refractivity contribution in [3.63, 3.8) is 0 Å². The monoisotopic (exact) mass is 478 g/mol. The molecule has 4 aliphatic rings. The molecule has 1 aromatic carbocycles. The van der Waals surface area contributed by atoms with E-state index in [0.717, 1.165) is 84.5 Å². The van der Waals surface area contributed by atoms with Gasteiger partial charge in [0, 0.05) is 51.7 Å². The Kier molecular flexibility index (Phi) is 7.59. The molecule has 1 aromatic rings. The maximum Gasteiger partial charge on any atom is 0.239 e. The molecule has 4 fully saturated rings. The molecule has 0 N–H and O–H groups in total. The van der Waals surface area contributed by atoms with E-state index >= 15 is 0 Å². The fourth-order valence-electron chi connectivity index (χ4n) is 6.47. The van der Waals surface area contributed by atoms with Gasteiger partial charge in [-0.05, 0) is 56.7 Å². The number of benzene rings is 1. The molecule has 3 aliphatic heterocycles. The molecule has 2 atom stereocenters. The van der Waals surface area contributed by atoms with E-state index in [1.165, 1.54) is 18.4 Å². The van der Waals surface area contributed by atoms with Gasteiger partial charge in [-0.2, -0.15) is 0 Å². The number of likely N-dealkylation sites (tertiary alicyclic amines) is 2. The van der Waals surface area contributed by atoms with Crippen LogP contribution in [-0.4, -0.2) is 96.9 Å². The molecule has 3 saturated heterocycles. The van der Waals surface area contributed by atoms with Crippen LogP contribution in [0.15, 0.2) is 36.4 Å². The van der Waals surface area contributed by atoms with Crippen LogP contribution in [0, 0.1) is 11.3 Å². The molecule has 3 heterocycles. The van der Waals surface area contributed by atoms with Gasteiger partial charge in [-0.1, -0.05) is 55.3 Å². The van der Waals surface area contributed by atoms with Gasteiger partial charge in [0.15, 0.2) is 0 Å². The summed E-state index contributed by atoms with van der Waals surface area (Å²) in [7, 11) is 2.11. The van der Waals surface area contributed by atoms with Gasteiger partial charge in [0.25, 0.3) is 0 Å². The van der Waals surface area contributed by atoms with Crippen LogP contribution in [0.2, 0.25) is 0 Å². The van der Waals surface area contributed by atoms with Crippen LogP contribution in [0.25, 0.3) is 6.08 Å². The lowest BCUT2D eigenvalue weighted by atomic mass is 9.90. The van der Waals surface area contributed by atoms with Crippen LogP contribution in [-0.2, 0) is 9.59 Å². The highest BCUT2D eigenvalue weighted by Crippen LogP contribution is 2.60. The predicted octanol–water partition coefficient (Wildman–Crippen LogP) is 3.35. The smallest absolute Gasteiger partial charge is 0.239 e.